The van der Waals surface area contributed by atoms with Crippen LogP contribution in [0.5, 0.6) is 0 Å². The van der Waals surface area contributed by atoms with Crippen LogP contribution < -0.4 is 16.0 Å². The zero-order valence-electron chi connectivity index (χ0n) is 26.2. The summed E-state index contributed by atoms with van der Waals surface area (Å²) in [6.07, 6.45) is -1.22. The first-order chi connectivity index (χ1) is 22.3. The van der Waals surface area contributed by atoms with Gasteiger partial charge in [-0.05, 0) is 44.9 Å². The topological polar surface area (TPSA) is 201 Å². The highest BCUT2D eigenvalue weighted by atomic mass is 16.6. The van der Waals surface area contributed by atoms with E-state index in [1.54, 1.807) is 75.4 Å². The van der Waals surface area contributed by atoms with E-state index in [0.717, 1.165) is 4.90 Å². The predicted octanol–water partition coefficient (Wildman–Crippen LogP) is 2.38. The zero-order valence-corrected chi connectivity index (χ0v) is 26.2. The Labute approximate surface area is 270 Å². The van der Waals surface area contributed by atoms with E-state index in [1.807, 2.05) is 0 Å². The number of urea groups is 1. The van der Waals surface area contributed by atoms with Crippen molar-refractivity contribution in [1.29, 1.82) is 0 Å². The molecule has 1 aliphatic rings. The minimum absolute atomic E-state index is 0.0787. The van der Waals surface area contributed by atoms with Crippen molar-refractivity contribution < 1.29 is 43.3 Å². The molecule has 1 fully saturated rings. The van der Waals surface area contributed by atoms with Gasteiger partial charge < -0.3 is 35.4 Å². The van der Waals surface area contributed by atoms with Crippen LogP contribution in [0.1, 0.15) is 32.8 Å². The van der Waals surface area contributed by atoms with Crippen LogP contribution in [0, 0.1) is 0 Å². The molecular formula is C31H37N7O9. The fourth-order valence-electron chi connectivity index (χ4n) is 4.55. The van der Waals surface area contributed by atoms with Crippen LogP contribution in [-0.4, -0.2) is 105 Å². The number of aliphatic carboxylic acids is 1. The lowest BCUT2D eigenvalue weighted by atomic mass is 10.2. The van der Waals surface area contributed by atoms with E-state index in [1.165, 1.54) is 9.47 Å². The largest absolute Gasteiger partial charge is 0.480 e. The van der Waals surface area contributed by atoms with Crippen LogP contribution >= 0.6 is 0 Å². The Morgan fingerprint density at radius 1 is 1.02 bits per heavy atom. The molecule has 1 aliphatic heterocycles. The maximum absolute atomic E-state index is 12.9. The Hall–Kier alpha value is -5.67. The highest BCUT2D eigenvalue weighted by Crippen LogP contribution is 2.22. The molecule has 4 rings (SSSR count). The molecule has 4 N–H and O–H groups in total. The molecule has 2 aromatic carbocycles. The standard InChI is InChI=1S/C31H37N7O9/c1-31(2,3)47-30(45)38-23-13-8-7-12-21(23)34-27(38)32-14-9-15-36-18-25(40)37(29(36)44)17-24(39)33-16-22(26(41)42)35-28(43)46-19-20-10-5-4-6-11-20/h4-8,10-13,22H,9,14-19H2,1-3H3,(H,32,34)(H,33,39)(H,35,43)(H,41,42)/t22-/m0/s1. The number of carboxylic acids is 1. The molecule has 16 nitrogen and oxygen atoms in total. The lowest BCUT2D eigenvalue weighted by Crippen LogP contribution is -2.50. The number of alkyl carbamates (subject to hydrolysis) is 1. The Bertz CT molecular complexity index is 1630. The van der Waals surface area contributed by atoms with Gasteiger partial charge in [0.05, 0.1) is 11.0 Å². The van der Waals surface area contributed by atoms with Gasteiger partial charge in [0, 0.05) is 19.6 Å². The summed E-state index contributed by atoms with van der Waals surface area (Å²) in [7, 11) is 0. The first kappa shape index (κ1) is 34.2. The van der Waals surface area contributed by atoms with Crippen molar-refractivity contribution in [2.45, 2.75) is 45.4 Å². The maximum Gasteiger partial charge on any atom is 0.421 e. The molecule has 16 heteroatoms. The molecule has 47 heavy (non-hydrogen) atoms. The van der Waals surface area contributed by atoms with Crippen LogP contribution in [0.15, 0.2) is 54.6 Å². The van der Waals surface area contributed by atoms with E-state index >= 15 is 0 Å². The molecule has 0 unspecified atom stereocenters. The number of anilines is 1. The Balaban J connectivity index is 1.24. The van der Waals surface area contributed by atoms with E-state index in [2.05, 4.69) is 20.9 Å². The third-order valence-electron chi connectivity index (χ3n) is 6.76. The molecule has 0 radical (unpaired) electrons. The molecule has 5 amide bonds. The molecule has 0 aliphatic carbocycles. The van der Waals surface area contributed by atoms with Gasteiger partial charge in [0.25, 0.3) is 5.91 Å². The average molecular weight is 652 g/mol. The van der Waals surface area contributed by atoms with Gasteiger partial charge in [-0.3, -0.25) is 14.5 Å². The fraction of sp³-hybridized carbons (Fsp3) is 0.387. The summed E-state index contributed by atoms with van der Waals surface area (Å²) >= 11 is 0. The van der Waals surface area contributed by atoms with E-state index < -0.39 is 60.7 Å². The van der Waals surface area contributed by atoms with Crippen LogP contribution in [0.25, 0.3) is 11.0 Å². The second kappa shape index (κ2) is 15.1. The van der Waals surface area contributed by atoms with Crippen LogP contribution in [-0.2, 0) is 30.5 Å². The average Bonchev–Trinajstić information content (AvgIpc) is 3.52. The number of carbonyl (C=O) groups is 6. The number of carboxylic acid groups (broad SMARTS) is 1. The van der Waals surface area contributed by atoms with Crippen molar-refractivity contribution in [3.05, 3.63) is 60.2 Å². The number of aromatic nitrogens is 2. The number of benzene rings is 2. The summed E-state index contributed by atoms with van der Waals surface area (Å²) < 4.78 is 11.9. The van der Waals surface area contributed by atoms with Gasteiger partial charge in [0.2, 0.25) is 11.9 Å². The molecule has 0 bridgehead atoms. The number of para-hydroxylation sites is 2. The van der Waals surface area contributed by atoms with Crippen molar-refractivity contribution in [1.82, 2.24) is 30.0 Å². The van der Waals surface area contributed by atoms with E-state index in [-0.39, 0.29) is 25.6 Å². The number of nitrogens with one attached hydrogen (secondary N) is 3. The number of carbonyl (C=O) groups excluding carboxylic acids is 5. The van der Waals surface area contributed by atoms with Gasteiger partial charge in [-0.25, -0.2) is 28.7 Å². The predicted molar refractivity (Wildman–Crippen MR) is 167 cm³/mol. The summed E-state index contributed by atoms with van der Waals surface area (Å²) in [6.45, 7) is 4.28. The number of hydrogen-bond acceptors (Lipinski definition) is 10. The molecule has 0 saturated carbocycles. The van der Waals surface area contributed by atoms with Gasteiger partial charge in [-0.1, -0.05) is 42.5 Å². The smallest absolute Gasteiger partial charge is 0.421 e. The Morgan fingerprint density at radius 2 is 1.72 bits per heavy atom. The third-order valence-corrected chi connectivity index (χ3v) is 6.76. The molecule has 1 atom stereocenters. The first-order valence-electron chi connectivity index (χ1n) is 14.8. The van der Waals surface area contributed by atoms with Gasteiger partial charge in [-0.15, -0.1) is 0 Å². The number of imide groups is 1. The number of nitrogens with zero attached hydrogens (tertiary/aromatic N) is 4. The van der Waals surface area contributed by atoms with Gasteiger partial charge >= 0.3 is 24.2 Å². The van der Waals surface area contributed by atoms with Crippen molar-refractivity contribution in [2.24, 2.45) is 0 Å². The van der Waals surface area contributed by atoms with Crippen molar-refractivity contribution in [3.8, 4) is 0 Å². The molecule has 2 heterocycles. The first-order valence-corrected chi connectivity index (χ1v) is 14.8. The van der Waals surface area contributed by atoms with Crippen molar-refractivity contribution >= 4 is 53.0 Å². The molecule has 1 saturated heterocycles. The lowest BCUT2D eigenvalue weighted by molar-refractivity contribution is -0.139. The molecule has 3 aromatic rings. The number of fused-ring (bicyclic) bond motifs is 1. The minimum Gasteiger partial charge on any atom is -0.480 e. The summed E-state index contributed by atoms with van der Waals surface area (Å²) in [4.78, 5) is 81.0. The maximum atomic E-state index is 12.9. The zero-order chi connectivity index (χ0) is 34.1. The van der Waals surface area contributed by atoms with Gasteiger partial charge in [0.1, 0.15) is 31.3 Å². The van der Waals surface area contributed by atoms with Gasteiger partial charge in [-0.2, -0.15) is 0 Å². The SMILES string of the molecule is CC(C)(C)OC(=O)n1c(NCCCN2CC(=O)N(CC(=O)NC[C@H](NC(=O)OCc3ccccc3)C(=O)O)C2=O)nc2ccccc21. The lowest BCUT2D eigenvalue weighted by Gasteiger charge is -2.20. The monoisotopic (exact) mass is 651 g/mol. The second-order valence-electron chi connectivity index (χ2n) is 11.6. The number of rotatable bonds is 13. The highest BCUT2D eigenvalue weighted by molar-refractivity contribution is 6.04. The number of imidazole rings is 1. The Morgan fingerprint density at radius 3 is 2.43 bits per heavy atom. The van der Waals surface area contributed by atoms with Gasteiger partial charge in [0.15, 0.2) is 0 Å². The molecular weight excluding hydrogens is 614 g/mol. The van der Waals surface area contributed by atoms with E-state index in [9.17, 15) is 33.9 Å². The number of hydrogen-bond donors (Lipinski definition) is 4. The number of amides is 5. The summed E-state index contributed by atoms with van der Waals surface area (Å²) in [5.41, 5.74) is 1.12. The molecule has 250 valence electrons. The van der Waals surface area contributed by atoms with Crippen molar-refractivity contribution in [2.75, 3.05) is 38.0 Å². The van der Waals surface area contributed by atoms with Crippen LogP contribution in [0.3, 0.4) is 0 Å². The normalized spacial score (nSPS) is 13.8. The van der Waals surface area contributed by atoms with E-state index in [0.29, 0.717) is 29.6 Å². The summed E-state index contributed by atoms with van der Waals surface area (Å²) in [6, 6.07) is 13.7. The molecule has 1 aromatic heterocycles. The quantitative estimate of drug-likeness (QED) is 0.156. The number of ether oxygens (including phenoxy) is 2. The van der Waals surface area contributed by atoms with Crippen molar-refractivity contribution in [3.63, 3.8) is 0 Å². The second-order valence-corrected chi connectivity index (χ2v) is 11.6. The van der Waals surface area contributed by atoms with Crippen LogP contribution in [0.2, 0.25) is 0 Å². The minimum atomic E-state index is -1.51. The fourth-order valence-corrected chi connectivity index (χ4v) is 4.55. The highest BCUT2D eigenvalue weighted by Gasteiger charge is 2.37. The van der Waals surface area contributed by atoms with E-state index in [4.69, 9.17) is 9.47 Å². The summed E-state index contributed by atoms with van der Waals surface area (Å²) in [5, 5.41) is 17.0. The summed E-state index contributed by atoms with van der Waals surface area (Å²) in [5.74, 6) is -2.54. The third kappa shape index (κ3) is 9.42. The molecule has 0 spiro atoms. The Kier molecular flexibility index (Phi) is 11.0. The van der Waals surface area contributed by atoms with Crippen LogP contribution in [0.4, 0.5) is 20.3 Å².